The van der Waals surface area contributed by atoms with Crippen LogP contribution in [0.1, 0.15) is 6.42 Å². The fourth-order valence-electron chi connectivity index (χ4n) is 1.63. The molecule has 3 atom stereocenters. The molecular formula is C7H9NO. The maximum absolute atomic E-state index is 10.3. The molecule has 0 aromatic carbocycles. The van der Waals surface area contributed by atoms with Gasteiger partial charge in [-0.05, 0) is 6.42 Å². The average molecular weight is 123 g/mol. The van der Waals surface area contributed by atoms with Crippen molar-refractivity contribution in [1.29, 1.82) is 0 Å². The van der Waals surface area contributed by atoms with Gasteiger partial charge in [0.25, 0.3) is 0 Å². The lowest BCUT2D eigenvalue weighted by atomic mass is 10.1. The van der Waals surface area contributed by atoms with Crippen LogP contribution >= 0.6 is 0 Å². The van der Waals surface area contributed by atoms with E-state index in [-0.39, 0.29) is 6.04 Å². The molecule has 3 unspecified atom stereocenters. The third kappa shape index (κ3) is 0.630. The van der Waals surface area contributed by atoms with Crippen LogP contribution in [0.4, 0.5) is 0 Å². The number of nitrogens with one attached hydrogen (secondary N) is 1. The second-order valence-electron chi connectivity index (χ2n) is 2.72. The lowest BCUT2D eigenvalue weighted by molar-refractivity contribution is -0.109. The first kappa shape index (κ1) is 5.18. The van der Waals surface area contributed by atoms with E-state index < -0.39 is 0 Å². The minimum atomic E-state index is 0.111. The number of rotatable bonds is 1. The number of fused-ring (bicyclic) bond motifs is 2. The predicted octanol–water partition coefficient (Wildman–Crippen LogP) is 0.102. The average Bonchev–Trinajstić information content (AvgIpc) is 2.45. The highest BCUT2D eigenvalue weighted by molar-refractivity contribution is 5.60. The van der Waals surface area contributed by atoms with E-state index in [1.165, 1.54) is 0 Å². The summed E-state index contributed by atoms with van der Waals surface area (Å²) in [5, 5.41) is 3.19. The quantitative estimate of drug-likeness (QED) is 0.396. The fraction of sp³-hybridized carbons (Fsp3) is 0.571. The Morgan fingerprint density at radius 1 is 1.56 bits per heavy atom. The monoisotopic (exact) mass is 123 g/mol. The first-order valence-electron chi connectivity index (χ1n) is 3.30. The van der Waals surface area contributed by atoms with Crippen LogP contribution in [0.15, 0.2) is 12.2 Å². The van der Waals surface area contributed by atoms with Crippen LogP contribution in [0.25, 0.3) is 0 Å². The van der Waals surface area contributed by atoms with Crippen molar-refractivity contribution in [3.8, 4) is 0 Å². The first-order chi connectivity index (χ1) is 4.40. The number of aldehydes is 1. The molecule has 2 rings (SSSR count). The van der Waals surface area contributed by atoms with Gasteiger partial charge in [-0.15, -0.1) is 0 Å². The van der Waals surface area contributed by atoms with Crippen molar-refractivity contribution in [3.05, 3.63) is 12.2 Å². The highest BCUT2D eigenvalue weighted by atomic mass is 16.1. The Kier molecular flexibility index (Phi) is 0.963. The molecule has 1 heterocycles. The van der Waals surface area contributed by atoms with E-state index in [9.17, 15) is 4.79 Å². The van der Waals surface area contributed by atoms with Gasteiger partial charge in [0.15, 0.2) is 0 Å². The van der Waals surface area contributed by atoms with Gasteiger partial charge < -0.3 is 10.1 Å². The van der Waals surface area contributed by atoms with Gasteiger partial charge in [0, 0.05) is 12.0 Å². The number of carbonyl (C=O) groups is 1. The predicted molar refractivity (Wildman–Crippen MR) is 34.0 cm³/mol. The molecule has 1 aliphatic carbocycles. The van der Waals surface area contributed by atoms with Crippen molar-refractivity contribution in [2.75, 3.05) is 0 Å². The molecule has 9 heavy (non-hydrogen) atoms. The van der Waals surface area contributed by atoms with Crippen LogP contribution in [0.3, 0.4) is 0 Å². The molecule has 48 valence electrons. The normalized spacial score (nSPS) is 46.0. The van der Waals surface area contributed by atoms with Crippen molar-refractivity contribution >= 4 is 6.29 Å². The summed E-state index contributed by atoms with van der Waals surface area (Å²) < 4.78 is 0. The van der Waals surface area contributed by atoms with E-state index >= 15 is 0 Å². The summed E-state index contributed by atoms with van der Waals surface area (Å²) in [5.41, 5.74) is 0. The Labute approximate surface area is 53.9 Å². The molecule has 0 saturated carbocycles. The third-order valence-corrected chi connectivity index (χ3v) is 2.13. The van der Waals surface area contributed by atoms with Gasteiger partial charge in [-0.1, -0.05) is 12.2 Å². The molecule has 1 saturated heterocycles. The Morgan fingerprint density at radius 3 is 2.78 bits per heavy atom. The van der Waals surface area contributed by atoms with Crippen molar-refractivity contribution < 1.29 is 4.79 Å². The van der Waals surface area contributed by atoms with Crippen LogP contribution in [0.5, 0.6) is 0 Å². The van der Waals surface area contributed by atoms with Gasteiger partial charge in [-0.2, -0.15) is 0 Å². The minimum absolute atomic E-state index is 0.111. The summed E-state index contributed by atoms with van der Waals surface area (Å²) in [4.78, 5) is 10.3. The van der Waals surface area contributed by atoms with Gasteiger partial charge in [-0.3, -0.25) is 0 Å². The molecule has 0 aromatic heterocycles. The number of hydrogen-bond acceptors (Lipinski definition) is 2. The highest BCUT2D eigenvalue weighted by Gasteiger charge is 2.34. The topological polar surface area (TPSA) is 29.1 Å². The molecule has 2 nitrogen and oxygen atoms in total. The molecule has 0 amide bonds. The second-order valence-corrected chi connectivity index (χ2v) is 2.72. The molecular weight excluding hydrogens is 114 g/mol. The third-order valence-electron chi connectivity index (χ3n) is 2.13. The summed E-state index contributed by atoms with van der Waals surface area (Å²) in [7, 11) is 0. The summed E-state index contributed by atoms with van der Waals surface area (Å²) in [6.07, 6.45) is 6.42. The largest absolute Gasteiger partial charge is 0.302 e. The minimum Gasteiger partial charge on any atom is -0.302 e. The summed E-state index contributed by atoms with van der Waals surface area (Å²) >= 11 is 0. The molecule has 1 fully saturated rings. The van der Waals surface area contributed by atoms with E-state index in [0.29, 0.717) is 12.0 Å². The van der Waals surface area contributed by atoms with E-state index in [4.69, 9.17) is 0 Å². The van der Waals surface area contributed by atoms with Gasteiger partial charge in [0.1, 0.15) is 6.29 Å². The van der Waals surface area contributed by atoms with Crippen molar-refractivity contribution in [2.24, 2.45) is 5.92 Å². The SMILES string of the molecule is O=CC1NC2C=CC1C2. The smallest absolute Gasteiger partial charge is 0.137 e. The summed E-state index contributed by atoms with van der Waals surface area (Å²) in [5.74, 6) is 0.493. The Balaban J connectivity index is 2.19. The van der Waals surface area contributed by atoms with Crippen LogP contribution in [-0.2, 0) is 4.79 Å². The lowest BCUT2D eigenvalue weighted by Gasteiger charge is -2.11. The second kappa shape index (κ2) is 1.67. The van der Waals surface area contributed by atoms with E-state index in [1.54, 1.807) is 0 Å². The Hall–Kier alpha value is -0.630. The Bertz CT molecular complexity index is 164. The van der Waals surface area contributed by atoms with Crippen molar-refractivity contribution in [1.82, 2.24) is 5.32 Å². The van der Waals surface area contributed by atoms with Crippen molar-refractivity contribution in [2.45, 2.75) is 18.5 Å². The van der Waals surface area contributed by atoms with E-state index in [0.717, 1.165) is 12.7 Å². The van der Waals surface area contributed by atoms with Gasteiger partial charge >= 0.3 is 0 Å². The van der Waals surface area contributed by atoms with Gasteiger partial charge in [-0.25, -0.2) is 0 Å². The fourth-order valence-corrected chi connectivity index (χ4v) is 1.63. The van der Waals surface area contributed by atoms with Gasteiger partial charge in [0.2, 0.25) is 0 Å². The van der Waals surface area contributed by atoms with E-state index in [1.807, 2.05) is 0 Å². The van der Waals surface area contributed by atoms with Crippen LogP contribution in [0, 0.1) is 5.92 Å². The molecule has 2 bridgehead atoms. The number of carbonyl (C=O) groups excluding carboxylic acids is 1. The van der Waals surface area contributed by atoms with Crippen LogP contribution < -0.4 is 5.32 Å². The number of hydrogen-bond donors (Lipinski definition) is 1. The summed E-state index contributed by atoms with van der Waals surface area (Å²) in [6.45, 7) is 0. The van der Waals surface area contributed by atoms with Crippen molar-refractivity contribution in [3.63, 3.8) is 0 Å². The van der Waals surface area contributed by atoms with Gasteiger partial charge in [0.05, 0.1) is 6.04 Å². The molecule has 0 aromatic rings. The maximum Gasteiger partial charge on any atom is 0.137 e. The molecule has 2 heteroatoms. The zero-order valence-electron chi connectivity index (χ0n) is 5.08. The molecule has 1 aliphatic heterocycles. The highest BCUT2D eigenvalue weighted by Crippen LogP contribution is 2.27. The standard InChI is InChI=1S/C7H9NO/c9-4-7-5-1-2-6(3-5)8-7/h1-2,4-8H,3H2. The zero-order chi connectivity index (χ0) is 6.27. The maximum atomic E-state index is 10.3. The lowest BCUT2D eigenvalue weighted by Crippen LogP contribution is -2.33. The Morgan fingerprint density at radius 2 is 2.44 bits per heavy atom. The first-order valence-corrected chi connectivity index (χ1v) is 3.30. The molecule has 0 radical (unpaired) electrons. The molecule has 1 N–H and O–H groups in total. The van der Waals surface area contributed by atoms with Crippen LogP contribution in [0.2, 0.25) is 0 Å². The molecule has 0 spiro atoms. The van der Waals surface area contributed by atoms with Crippen LogP contribution in [-0.4, -0.2) is 18.4 Å². The molecule has 2 aliphatic rings. The van der Waals surface area contributed by atoms with E-state index in [2.05, 4.69) is 17.5 Å². The summed E-state index contributed by atoms with van der Waals surface area (Å²) in [6, 6.07) is 0.602. The zero-order valence-corrected chi connectivity index (χ0v) is 5.08.